The van der Waals surface area contributed by atoms with E-state index in [0.717, 1.165) is 12.1 Å². The summed E-state index contributed by atoms with van der Waals surface area (Å²) in [6, 6.07) is 4.57. The van der Waals surface area contributed by atoms with Gasteiger partial charge in [-0.05, 0) is 63.2 Å². The van der Waals surface area contributed by atoms with Crippen LogP contribution in [0.4, 0.5) is 4.39 Å². The van der Waals surface area contributed by atoms with Crippen molar-refractivity contribution in [2.45, 2.75) is 30.2 Å². The van der Waals surface area contributed by atoms with Gasteiger partial charge in [0, 0.05) is 20.1 Å². The standard InChI is InChI=1S/C16H26FN3O4S2/c1-19(2)25(21,22)13-3-10-20-11-8-15(9-12-20)18-26(23,24)16-6-4-14(17)5-7-16/h4-7,15,18H,3,8-13H2,1-2H3. The zero-order valence-corrected chi connectivity index (χ0v) is 16.7. The van der Waals surface area contributed by atoms with E-state index in [4.69, 9.17) is 0 Å². The van der Waals surface area contributed by atoms with Crippen molar-refractivity contribution in [2.75, 3.05) is 39.5 Å². The Labute approximate surface area is 155 Å². The Balaban J connectivity index is 1.79. The predicted octanol–water partition coefficient (Wildman–Crippen LogP) is 0.850. The Kier molecular flexibility index (Phi) is 7.14. The number of halogens is 1. The Morgan fingerprint density at radius 1 is 1.12 bits per heavy atom. The first-order valence-electron chi connectivity index (χ1n) is 8.50. The van der Waals surface area contributed by atoms with Crippen LogP contribution >= 0.6 is 0 Å². The maximum Gasteiger partial charge on any atom is 0.240 e. The number of benzene rings is 1. The Hall–Kier alpha value is -1.07. The van der Waals surface area contributed by atoms with Crippen molar-refractivity contribution in [1.29, 1.82) is 0 Å². The van der Waals surface area contributed by atoms with Gasteiger partial charge in [0.15, 0.2) is 0 Å². The molecule has 1 aromatic rings. The highest BCUT2D eigenvalue weighted by atomic mass is 32.2. The molecule has 1 saturated heterocycles. The van der Waals surface area contributed by atoms with Crippen molar-refractivity contribution in [3.63, 3.8) is 0 Å². The minimum Gasteiger partial charge on any atom is -0.303 e. The molecule has 1 heterocycles. The lowest BCUT2D eigenvalue weighted by Crippen LogP contribution is -2.45. The summed E-state index contributed by atoms with van der Waals surface area (Å²) < 4.78 is 65.0. The van der Waals surface area contributed by atoms with Gasteiger partial charge in [-0.2, -0.15) is 0 Å². The average molecular weight is 408 g/mol. The lowest BCUT2D eigenvalue weighted by molar-refractivity contribution is 0.208. The topological polar surface area (TPSA) is 86.8 Å². The molecule has 0 bridgehead atoms. The van der Waals surface area contributed by atoms with Crippen molar-refractivity contribution < 1.29 is 21.2 Å². The summed E-state index contributed by atoms with van der Waals surface area (Å²) in [5.74, 6) is -0.370. The first-order chi connectivity index (χ1) is 12.1. The molecule has 10 heteroatoms. The first-order valence-corrected chi connectivity index (χ1v) is 11.6. The number of nitrogens with one attached hydrogen (secondary N) is 1. The Morgan fingerprint density at radius 2 is 1.69 bits per heavy atom. The number of hydrogen-bond donors (Lipinski definition) is 1. The van der Waals surface area contributed by atoms with Gasteiger partial charge in [-0.25, -0.2) is 30.3 Å². The second-order valence-corrected chi connectivity index (χ2v) is 10.7. The molecule has 0 atom stereocenters. The van der Waals surface area contributed by atoms with Crippen molar-refractivity contribution in [2.24, 2.45) is 0 Å². The van der Waals surface area contributed by atoms with E-state index in [1.807, 2.05) is 0 Å². The second-order valence-electron chi connectivity index (χ2n) is 6.64. The van der Waals surface area contributed by atoms with Gasteiger partial charge >= 0.3 is 0 Å². The molecule has 1 fully saturated rings. The van der Waals surface area contributed by atoms with Crippen molar-refractivity contribution >= 4 is 20.0 Å². The van der Waals surface area contributed by atoms with E-state index in [2.05, 4.69) is 9.62 Å². The van der Waals surface area contributed by atoms with Gasteiger partial charge in [0.1, 0.15) is 5.82 Å². The summed E-state index contributed by atoms with van der Waals surface area (Å²) in [4.78, 5) is 2.20. The van der Waals surface area contributed by atoms with Gasteiger partial charge in [-0.3, -0.25) is 0 Å². The van der Waals surface area contributed by atoms with Gasteiger partial charge in [0.25, 0.3) is 0 Å². The third kappa shape index (κ3) is 5.98. The first kappa shape index (κ1) is 21.2. The van der Waals surface area contributed by atoms with Gasteiger partial charge in [0.2, 0.25) is 20.0 Å². The number of piperidine rings is 1. The van der Waals surface area contributed by atoms with Crippen LogP contribution in [0.25, 0.3) is 0 Å². The van der Waals surface area contributed by atoms with E-state index < -0.39 is 25.9 Å². The van der Waals surface area contributed by atoms with E-state index >= 15 is 0 Å². The zero-order valence-electron chi connectivity index (χ0n) is 15.1. The molecule has 7 nitrogen and oxygen atoms in total. The molecule has 0 saturated carbocycles. The Morgan fingerprint density at radius 3 is 2.23 bits per heavy atom. The number of hydrogen-bond acceptors (Lipinski definition) is 5. The lowest BCUT2D eigenvalue weighted by atomic mass is 10.1. The smallest absolute Gasteiger partial charge is 0.240 e. The number of nitrogens with zero attached hydrogens (tertiary/aromatic N) is 2. The quantitative estimate of drug-likeness (QED) is 0.690. The molecular formula is C16H26FN3O4S2. The molecule has 1 aliphatic rings. The molecule has 0 unspecified atom stereocenters. The molecule has 0 amide bonds. The summed E-state index contributed by atoms with van der Waals surface area (Å²) >= 11 is 0. The third-order valence-electron chi connectivity index (χ3n) is 4.47. The Bertz CT molecular complexity index is 787. The molecule has 0 radical (unpaired) electrons. The summed E-state index contributed by atoms with van der Waals surface area (Å²) in [5.41, 5.74) is 0. The molecule has 0 spiro atoms. The van der Waals surface area contributed by atoms with E-state index in [1.165, 1.54) is 30.5 Å². The number of sulfonamides is 2. The van der Waals surface area contributed by atoms with Crippen LogP contribution in [-0.4, -0.2) is 71.6 Å². The fourth-order valence-corrected chi connectivity index (χ4v) is 4.99. The highest BCUT2D eigenvalue weighted by molar-refractivity contribution is 7.89. The highest BCUT2D eigenvalue weighted by Crippen LogP contribution is 2.16. The van der Waals surface area contributed by atoms with Crippen LogP contribution in [0, 0.1) is 5.82 Å². The van der Waals surface area contributed by atoms with Gasteiger partial charge < -0.3 is 4.90 Å². The van der Waals surface area contributed by atoms with Crippen LogP contribution < -0.4 is 4.72 Å². The number of likely N-dealkylation sites (tertiary alicyclic amines) is 1. The molecule has 1 aromatic carbocycles. The summed E-state index contributed by atoms with van der Waals surface area (Å²) in [7, 11) is -3.80. The largest absolute Gasteiger partial charge is 0.303 e. The van der Waals surface area contributed by atoms with E-state index in [1.54, 1.807) is 0 Å². The SMILES string of the molecule is CN(C)S(=O)(=O)CCCN1CCC(NS(=O)(=O)c2ccc(F)cc2)CC1. The van der Waals surface area contributed by atoms with Crippen molar-refractivity contribution in [1.82, 2.24) is 13.9 Å². The van der Waals surface area contributed by atoms with Gasteiger partial charge in [-0.15, -0.1) is 0 Å². The minimum atomic E-state index is -3.66. The van der Waals surface area contributed by atoms with Crippen LogP contribution in [0.1, 0.15) is 19.3 Å². The summed E-state index contributed by atoms with van der Waals surface area (Å²) in [6.07, 6.45) is 1.86. The van der Waals surface area contributed by atoms with Crippen LogP contribution in [0.3, 0.4) is 0 Å². The normalized spacial score (nSPS) is 17.7. The van der Waals surface area contributed by atoms with E-state index in [0.29, 0.717) is 38.9 Å². The highest BCUT2D eigenvalue weighted by Gasteiger charge is 2.25. The van der Waals surface area contributed by atoms with E-state index in [-0.39, 0.29) is 16.7 Å². The molecule has 26 heavy (non-hydrogen) atoms. The summed E-state index contributed by atoms with van der Waals surface area (Å²) in [5, 5.41) is 0. The maximum absolute atomic E-state index is 12.9. The lowest BCUT2D eigenvalue weighted by Gasteiger charge is -2.32. The molecule has 0 aromatic heterocycles. The molecule has 148 valence electrons. The maximum atomic E-state index is 12.9. The minimum absolute atomic E-state index is 0.0511. The third-order valence-corrected chi connectivity index (χ3v) is 7.92. The fraction of sp³-hybridized carbons (Fsp3) is 0.625. The molecular weight excluding hydrogens is 381 g/mol. The average Bonchev–Trinajstić information content (AvgIpc) is 2.56. The second kappa shape index (κ2) is 8.75. The van der Waals surface area contributed by atoms with Crippen LogP contribution in [0.5, 0.6) is 0 Å². The fourth-order valence-electron chi connectivity index (χ4n) is 2.83. The van der Waals surface area contributed by atoms with Crippen molar-refractivity contribution in [3.8, 4) is 0 Å². The zero-order chi connectivity index (χ0) is 19.4. The summed E-state index contributed by atoms with van der Waals surface area (Å²) in [6.45, 7) is 2.09. The molecule has 1 N–H and O–H groups in total. The van der Waals surface area contributed by atoms with Crippen molar-refractivity contribution in [3.05, 3.63) is 30.1 Å². The molecule has 2 rings (SSSR count). The molecule has 0 aliphatic carbocycles. The van der Waals surface area contributed by atoms with Gasteiger partial charge in [-0.1, -0.05) is 0 Å². The predicted molar refractivity (Wildman–Crippen MR) is 98.3 cm³/mol. The van der Waals surface area contributed by atoms with Crippen LogP contribution in [0.2, 0.25) is 0 Å². The van der Waals surface area contributed by atoms with Crippen LogP contribution in [-0.2, 0) is 20.0 Å². The number of rotatable bonds is 8. The van der Waals surface area contributed by atoms with E-state index in [9.17, 15) is 21.2 Å². The monoisotopic (exact) mass is 407 g/mol. The van der Waals surface area contributed by atoms with Crippen LogP contribution in [0.15, 0.2) is 29.2 Å². The van der Waals surface area contributed by atoms with Gasteiger partial charge in [0.05, 0.1) is 10.6 Å². The molecule has 1 aliphatic heterocycles.